The summed E-state index contributed by atoms with van der Waals surface area (Å²) in [5, 5.41) is 0. The van der Waals surface area contributed by atoms with Crippen molar-refractivity contribution < 1.29 is 14.0 Å². The third kappa shape index (κ3) is 2.78. The van der Waals surface area contributed by atoms with Crippen LogP contribution in [0.15, 0.2) is 24.5 Å². The molecular formula is C18H22FN3O2. The Kier molecular flexibility index (Phi) is 3.98. The Bertz CT molecular complexity index is 632. The summed E-state index contributed by atoms with van der Waals surface area (Å²) < 4.78 is 13.0. The van der Waals surface area contributed by atoms with Crippen LogP contribution < -0.4 is 0 Å². The van der Waals surface area contributed by atoms with E-state index in [9.17, 15) is 14.0 Å². The Morgan fingerprint density at radius 1 is 1.33 bits per heavy atom. The molecule has 2 saturated heterocycles. The van der Waals surface area contributed by atoms with Crippen LogP contribution in [-0.4, -0.2) is 52.4 Å². The Hall–Kier alpha value is -1.98. The molecule has 2 amide bonds. The van der Waals surface area contributed by atoms with Crippen molar-refractivity contribution in [1.29, 1.82) is 0 Å². The lowest BCUT2D eigenvalue weighted by Gasteiger charge is -2.33. The van der Waals surface area contributed by atoms with Gasteiger partial charge < -0.3 is 9.80 Å². The lowest BCUT2D eigenvalue weighted by Crippen LogP contribution is -2.45. The summed E-state index contributed by atoms with van der Waals surface area (Å²) in [6.07, 6.45) is 4.32. The molecule has 3 aliphatic rings. The molecule has 3 fully saturated rings. The zero-order chi connectivity index (χ0) is 16.7. The van der Waals surface area contributed by atoms with E-state index in [2.05, 4.69) is 4.98 Å². The Morgan fingerprint density at radius 2 is 2.17 bits per heavy atom. The highest BCUT2D eigenvalue weighted by atomic mass is 19.1. The smallest absolute Gasteiger partial charge is 0.228 e. The van der Waals surface area contributed by atoms with Crippen LogP contribution in [0.25, 0.3) is 0 Å². The Morgan fingerprint density at radius 3 is 2.88 bits per heavy atom. The van der Waals surface area contributed by atoms with Crippen LogP contribution in [0.2, 0.25) is 0 Å². The van der Waals surface area contributed by atoms with Crippen LogP contribution in [0.3, 0.4) is 0 Å². The number of carbonyl (C=O) groups excluding carboxylic acids is 2. The van der Waals surface area contributed by atoms with E-state index in [1.54, 1.807) is 17.3 Å². The van der Waals surface area contributed by atoms with Gasteiger partial charge in [0.1, 0.15) is 6.17 Å². The fourth-order valence-corrected chi connectivity index (χ4v) is 4.17. The minimum atomic E-state index is -0.819. The van der Waals surface area contributed by atoms with E-state index in [0.29, 0.717) is 32.5 Å². The number of nitrogens with zero attached hydrogens (tertiary/aromatic N) is 3. The van der Waals surface area contributed by atoms with Crippen molar-refractivity contribution in [3.8, 4) is 0 Å². The lowest BCUT2D eigenvalue weighted by molar-refractivity contribution is -0.141. The first kappa shape index (κ1) is 15.5. The van der Waals surface area contributed by atoms with Crippen molar-refractivity contribution in [1.82, 2.24) is 14.8 Å². The van der Waals surface area contributed by atoms with E-state index < -0.39 is 6.17 Å². The molecule has 128 valence electrons. The normalized spacial score (nSPS) is 32.5. The number of hydrogen-bond donors (Lipinski definition) is 0. The van der Waals surface area contributed by atoms with Gasteiger partial charge in [-0.2, -0.15) is 0 Å². The van der Waals surface area contributed by atoms with Crippen molar-refractivity contribution >= 4 is 11.8 Å². The molecular weight excluding hydrogens is 309 g/mol. The van der Waals surface area contributed by atoms with Gasteiger partial charge in [0.25, 0.3) is 0 Å². The molecule has 5 nitrogen and oxygen atoms in total. The number of carbonyl (C=O) groups is 2. The number of fused-ring (bicyclic) bond motifs is 1. The number of rotatable bonds is 3. The molecule has 2 aliphatic heterocycles. The summed E-state index contributed by atoms with van der Waals surface area (Å²) in [5.41, 5.74) is 1.03. The topological polar surface area (TPSA) is 53.5 Å². The van der Waals surface area contributed by atoms with Crippen LogP contribution in [0, 0.1) is 17.8 Å². The van der Waals surface area contributed by atoms with Gasteiger partial charge in [0, 0.05) is 44.5 Å². The number of hydrogen-bond acceptors (Lipinski definition) is 3. The first-order valence-corrected chi connectivity index (χ1v) is 8.72. The maximum absolute atomic E-state index is 13.0. The van der Waals surface area contributed by atoms with E-state index in [1.165, 1.54) is 0 Å². The number of alkyl halides is 1. The van der Waals surface area contributed by atoms with E-state index in [4.69, 9.17) is 0 Å². The maximum atomic E-state index is 13.0. The SMILES string of the molecule is O=C(C1CC(F)C1)N1C[C@H]2CCN(Cc3cccnc3)C(=O)[C@@H]2C1. The molecule has 1 aliphatic carbocycles. The summed E-state index contributed by atoms with van der Waals surface area (Å²) in [6, 6.07) is 3.85. The largest absolute Gasteiger partial charge is 0.341 e. The molecule has 0 aromatic carbocycles. The van der Waals surface area contributed by atoms with Crippen LogP contribution in [0.4, 0.5) is 4.39 Å². The van der Waals surface area contributed by atoms with Crippen LogP contribution in [-0.2, 0) is 16.1 Å². The predicted octanol–water partition coefficient (Wildman–Crippen LogP) is 1.64. The molecule has 1 aromatic heterocycles. The molecule has 3 heterocycles. The van der Waals surface area contributed by atoms with Crippen molar-refractivity contribution in [3.05, 3.63) is 30.1 Å². The number of halogens is 1. The van der Waals surface area contributed by atoms with Crippen LogP contribution in [0.5, 0.6) is 0 Å². The van der Waals surface area contributed by atoms with Crippen LogP contribution >= 0.6 is 0 Å². The quantitative estimate of drug-likeness (QED) is 0.846. The number of likely N-dealkylation sites (tertiary alicyclic amines) is 2. The summed E-state index contributed by atoms with van der Waals surface area (Å²) in [4.78, 5) is 33.0. The maximum Gasteiger partial charge on any atom is 0.228 e. The molecule has 0 N–H and O–H groups in total. The van der Waals surface area contributed by atoms with Gasteiger partial charge in [0.15, 0.2) is 0 Å². The number of amides is 2. The zero-order valence-corrected chi connectivity index (χ0v) is 13.6. The minimum Gasteiger partial charge on any atom is -0.341 e. The van der Waals surface area contributed by atoms with E-state index in [1.807, 2.05) is 17.0 Å². The summed E-state index contributed by atoms with van der Waals surface area (Å²) >= 11 is 0. The monoisotopic (exact) mass is 331 g/mol. The van der Waals surface area contributed by atoms with Crippen molar-refractivity contribution in [2.45, 2.75) is 32.0 Å². The fraction of sp³-hybridized carbons (Fsp3) is 0.611. The highest BCUT2D eigenvalue weighted by molar-refractivity contribution is 5.84. The second kappa shape index (κ2) is 6.15. The van der Waals surface area contributed by atoms with Crippen molar-refractivity contribution in [2.24, 2.45) is 17.8 Å². The van der Waals surface area contributed by atoms with Gasteiger partial charge >= 0.3 is 0 Å². The van der Waals surface area contributed by atoms with Gasteiger partial charge in [-0.15, -0.1) is 0 Å². The second-order valence-corrected chi connectivity index (χ2v) is 7.29. The van der Waals surface area contributed by atoms with Crippen molar-refractivity contribution in [2.75, 3.05) is 19.6 Å². The molecule has 1 aromatic rings. The predicted molar refractivity (Wildman–Crippen MR) is 85.5 cm³/mol. The first-order valence-electron chi connectivity index (χ1n) is 8.72. The molecule has 0 unspecified atom stereocenters. The second-order valence-electron chi connectivity index (χ2n) is 7.29. The lowest BCUT2D eigenvalue weighted by atomic mass is 9.82. The van der Waals surface area contributed by atoms with Gasteiger partial charge in [-0.25, -0.2) is 4.39 Å². The number of piperidine rings is 1. The average Bonchev–Trinajstić information content (AvgIpc) is 3.00. The Labute approximate surface area is 140 Å². The molecule has 24 heavy (non-hydrogen) atoms. The third-order valence-corrected chi connectivity index (χ3v) is 5.68. The summed E-state index contributed by atoms with van der Waals surface area (Å²) in [6.45, 7) is 2.46. The van der Waals surface area contributed by atoms with E-state index >= 15 is 0 Å². The van der Waals surface area contributed by atoms with Gasteiger partial charge in [0.05, 0.1) is 5.92 Å². The highest BCUT2D eigenvalue weighted by Gasteiger charge is 2.46. The molecule has 1 saturated carbocycles. The molecule has 4 rings (SSSR count). The Balaban J connectivity index is 1.39. The number of aromatic nitrogens is 1. The summed E-state index contributed by atoms with van der Waals surface area (Å²) in [5.74, 6) is 0.183. The molecule has 6 heteroatoms. The van der Waals surface area contributed by atoms with E-state index in [0.717, 1.165) is 18.5 Å². The molecule has 2 atom stereocenters. The molecule has 0 bridgehead atoms. The van der Waals surface area contributed by atoms with Crippen molar-refractivity contribution in [3.63, 3.8) is 0 Å². The van der Waals surface area contributed by atoms with Gasteiger partial charge in [-0.1, -0.05) is 6.07 Å². The number of pyridine rings is 1. The third-order valence-electron chi connectivity index (χ3n) is 5.68. The highest BCUT2D eigenvalue weighted by Crippen LogP contribution is 2.37. The standard InChI is InChI=1S/C18H22FN3O2/c19-15-6-14(7-15)17(23)22-10-13-3-5-21(18(24)16(13)11-22)9-12-2-1-4-20-8-12/h1-2,4,8,13-16H,3,5-7,9-11H2/t13-,14?,15?,16-/m1/s1. The fourth-order valence-electron chi connectivity index (χ4n) is 4.17. The first-order chi connectivity index (χ1) is 11.6. The minimum absolute atomic E-state index is 0.0462. The van der Waals surface area contributed by atoms with Crippen LogP contribution in [0.1, 0.15) is 24.8 Å². The molecule has 0 radical (unpaired) electrons. The van der Waals surface area contributed by atoms with Gasteiger partial charge in [-0.05, 0) is 36.8 Å². The molecule has 0 spiro atoms. The average molecular weight is 331 g/mol. The van der Waals surface area contributed by atoms with Gasteiger partial charge in [0.2, 0.25) is 11.8 Å². The van der Waals surface area contributed by atoms with E-state index in [-0.39, 0.29) is 29.6 Å². The summed E-state index contributed by atoms with van der Waals surface area (Å²) in [7, 11) is 0. The van der Waals surface area contributed by atoms with Gasteiger partial charge in [-0.3, -0.25) is 14.6 Å². The zero-order valence-electron chi connectivity index (χ0n) is 13.6.